The molecule has 2 amide bonds. The molecule has 1 saturated heterocycles. The van der Waals surface area contributed by atoms with Gasteiger partial charge < -0.3 is 14.9 Å². The first-order valence-corrected chi connectivity index (χ1v) is 9.63. The lowest BCUT2D eigenvalue weighted by Crippen LogP contribution is -2.70. The Bertz CT molecular complexity index is 1030. The molecule has 1 fully saturated rings. The van der Waals surface area contributed by atoms with E-state index in [9.17, 15) is 19.5 Å². The lowest BCUT2D eigenvalue weighted by molar-refractivity contribution is -0.148. The minimum Gasteiger partial charge on any atom is -0.477 e. The van der Waals surface area contributed by atoms with Gasteiger partial charge in [-0.25, -0.2) is 4.79 Å². The summed E-state index contributed by atoms with van der Waals surface area (Å²) >= 11 is 1.43. The Morgan fingerprint density at radius 1 is 1.36 bits per heavy atom. The summed E-state index contributed by atoms with van der Waals surface area (Å²) in [6.45, 7) is 3.62. The third-order valence-electron chi connectivity index (χ3n) is 4.75. The minimum absolute atomic E-state index is 0.00433. The van der Waals surface area contributed by atoms with E-state index in [1.807, 2.05) is 31.2 Å². The van der Waals surface area contributed by atoms with Crippen LogP contribution in [0.15, 0.2) is 46.3 Å². The summed E-state index contributed by atoms with van der Waals surface area (Å²) in [7, 11) is 0. The Labute approximate surface area is 164 Å². The van der Waals surface area contributed by atoms with Gasteiger partial charge in [-0.2, -0.15) is 0 Å². The van der Waals surface area contributed by atoms with Gasteiger partial charge in [0.2, 0.25) is 0 Å². The second kappa shape index (κ2) is 6.83. The quantitative estimate of drug-likeness (QED) is 0.756. The summed E-state index contributed by atoms with van der Waals surface area (Å²) in [5, 5.41) is 15.6. The predicted octanol–water partition coefficient (Wildman–Crippen LogP) is 2.02. The second-order valence-corrected chi connectivity index (χ2v) is 7.85. The molecule has 1 aromatic heterocycles. The van der Waals surface area contributed by atoms with Gasteiger partial charge in [0.1, 0.15) is 34.6 Å². The Hall–Kier alpha value is -3.07. The smallest absolute Gasteiger partial charge is 0.352 e. The number of benzene rings is 1. The standard InChI is InChI=1S/C19H17N3O5S/c1-9-4-3-5-11(6-9)13-12(7-27-21-13)16(23)20-14-17(24)22-15(19(25)26)10(2)8-28-18(14)22/h3-7,14,18H,8H2,1-2H3,(H,20,23)(H,25,26)/t14?,18-/m0/s1. The van der Waals surface area contributed by atoms with Crippen LogP contribution < -0.4 is 5.32 Å². The van der Waals surface area contributed by atoms with Crippen LogP contribution in [0.3, 0.4) is 0 Å². The molecular weight excluding hydrogens is 382 g/mol. The molecule has 0 saturated carbocycles. The van der Waals surface area contributed by atoms with Gasteiger partial charge in [0, 0.05) is 11.3 Å². The van der Waals surface area contributed by atoms with Crippen LogP contribution in [0, 0.1) is 6.92 Å². The molecule has 0 aliphatic carbocycles. The van der Waals surface area contributed by atoms with Gasteiger partial charge >= 0.3 is 5.97 Å². The summed E-state index contributed by atoms with van der Waals surface area (Å²) in [6.07, 6.45) is 1.24. The number of carbonyl (C=O) groups is 3. The molecule has 3 heterocycles. The summed E-state index contributed by atoms with van der Waals surface area (Å²) in [5.74, 6) is -1.57. The van der Waals surface area contributed by atoms with Crippen LogP contribution in [0.1, 0.15) is 22.8 Å². The average Bonchev–Trinajstić information content (AvgIpc) is 3.15. The molecule has 144 valence electrons. The first-order valence-electron chi connectivity index (χ1n) is 8.58. The number of carboxylic acids is 1. The fourth-order valence-corrected chi connectivity index (χ4v) is 4.69. The lowest BCUT2D eigenvalue weighted by Gasteiger charge is -2.49. The van der Waals surface area contributed by atoms with Crippen molar-refractivity contribution in [2.45, 2.75) is 25.3 Å². The zero-order valence-electron chi connectivity index (χ0n) is 15.1. The number of rotatable bonds is 4. The van der Waals surface area contributed by atoms with Crippen LogP contribution in [-0.4, -0.2) is 50.1 Å². The van der Waals surface area contributed by atoms with Crippen molar-refractivity contribution in [2.75, 3.05) is 5.75 Å². The molecule has 2 N–H and O–H groups in total. The monoisotopic (exact) mass is 399 g/mol. The zero-order chi connectivity index (χ0) is 20.0. The van der Waals surface area contributed by atoms with Crippen LogP contribution in [0.4, 0.5) is 0 Å². The Kier molecular flexibility index (Phi) is 4.46. The maximum atomic E-state index is 12.8. The third-order valence-corrected chi connectivity index (χ3v) is 6.18. The highest BCUT2D eigenvalue weighted by molar-refractivity contribution is 8.00. The van der Waals surface area contributed by atoms with Gasteiger partial charge in [-0.15, -0.1) is 11.8 Å². The van der Waals surface area contributed by atoms with Crippen molar-refractivity contribution in [3.05, 3.63) is 52.9 Å². The van der Waals surface area contributed by atoms with Gasteiger partial charge in [0.25, 0.3) is 11.8 Å². The van der Waals surface area contributed by atoms with Crippen molar-refractivity contribution in [1.29, 1.82) is 0 Å². The fourth-order valence-electron chi connectivity index (χ4n) is 3.39. The number of nitrogens with one attached hydrogen (secondary N) is 1. The maximum Gasteiger partial charge on any atom is 0.352 e. The summed E-state index contributed by atoms with van der Waals surface area (Å²) < 4.78 is 4.99. The van der Waals surface area contributed by atoms with E-state index in [0.717, 1.165) is 11.1 Å². The number of aryl methyl sites for hydroxylation is 1. The van der Waals surface area contributed by atoms with E-state index < -0.39 is 29.2 Å². The Balaban J connectivity index is 1.55. The van der Waals surface area contributed by atoms with Crippen molar-refractivity contribution < 1.29 is 24.0 Å². The van der Waals surface area contributed by atoms with Crippen LogP contribution in [0.2, 0.25) is 0 Å². The van der Waals surface area contributed by atoms with E-state index >= 15 is 0 Å². The predicted molar refractivity (Wildman–Crippen MR) is 101 cm³/mol. The van der Waals surface area contributed by atoms with Crippen LogP contribution in [-0.2, 0) is 9.59 Å². The van der Waals surface area contributed by atoms with Crippen molar-refractivity contribution in [3.8, 4) is 11.3 Å². The summed E-state index contributed by atoms with van der Waals surface area (Å²) in [6, 6.07) is 6.70. The van der Waals surface area contributed by atoms with Gasteiger partial charge in [0.15, 0.2) is 0 Å². The second-order valence-electron chi connectivity index (χ2n) is 6.74. The highest BCUT2D eigenvalue weighted by atomic mass is 32.2. The van der Waals surface area contributed by atoms with Crippen molar-refractivity contribution in [2.24, 2.45) is 0 Å². The summed E-state index contributed by atoms with van der Waals surface area (Å²) in [5.41, 5.74) is 3.00. The first-order chi connectivity index (χ1) is 13.4. The maximum absolute atomic E-state index is 12.8. The van der Waals surface area contributed by atoms with Crippen molar-refractivity contribution in [1.82, 2.24) is 15.4 Å². The molecular formula is C19H17N3O5S. The first kappa shape index (κ1) is 18.3. The Morgan fingerprint density at radius 3 is 2.86 bits per heavy atom. The minimum atomic E-state index is -1.14. The molecule has 2 aliphatic heterocycles. The SMILES string of the molecule is CC1=C(C(=O)O)N2C(=O)C(NC(=O)c3conc3-c3cccc(C)c3)[C@@H]2SC1. The zero-order valence-corrected chi connectivity index (χ0v) is 15.9. The number of nitrogens with zero attached hydrogens (tertiary/aromatic N) is 2. The number of aliphatic carboxylic acids is 1. The van der Waals surface area contributed by atoms with E-state index in [4.69, 9.17) is 4.52 Å². The van der Waals surface area contributed by atoms with E-state index in [1.54, 1.807) is 6.92 Å². The van der Waals surface area contributed by atoms with Crippen LogP contribution in [0.5, 0.6) is 0 Å². The molecule has 0 radical (unpaired) electrons. The molecule has 2 atom stereocenters. The normalized spacial score (nSPS) is 21.2. The van der Waals surface area contributed by atoms with Gasteiger partial charge in [0.05, 0.1) is 0 Å². The molecule has 9 heteroatoms. The molecule has 2 aliphatic rings. The number of carboxylic acid groups (broad SMARTS) is 1. The highest BCUT2D eigenvalue weighted by Gasteiger charge is 2.53. The Morgan fingerprint density at radius 2 is 2.14 bits per heavy atom. The number of hydrogen-bond acceptors (Lipinski definition) is 6. The number of hydrogen-bond donors (Lipinski definition) is 2. The molecule has 0 spiro atoms. The van der Waals surface area contributed by atoms with Crippen LogP contribution >= 0.6 is 11.8 Å². The molecule has 8 nitrogen and oxygen atoms in total. The lowest BCUT2D eigenvalue weighted by atomic mass is 10.0. The molecule has 4 rings (SSSR count). The van der Waals surface area contributed by atoms with Crippen molar-refractivity contribution >= 4 is 29.5 Å². The van der Waals surface area contributed by atoms with Crippen LogP contribution in [0.25, 0.3) is 11.3 Å². The number of carbonyl (C=O) groups excluding carboxylic acids is 2. The average molecular weight is 399 g/mol. The van der Waals surface area contributed by atoms with Gasteiger partial charge in [-0.05, 0) is 25.5 Å². The van der Waals surface area contributed by atoms with E-state index in [-0.39, 0.29) is 11.3 Å². The number of amides is 2. The largest absolute Gasteiger partial charge is 0.477 e. The number of fused-ring (bicyclic) bond motifs is 1. The molecule has 0 bridgehead atoms. The number of thioether (sulfide) groups is 1. The third kappa shape index (κ3) is 2.88. The molecule has 2 aromatic rings. The topological polar surface area (TPSA) is 113 Å². The highest BCUT2D eigenvalue weighted by Crippen LogP contribution is 2.40. The van der Waals surface area contributed by atoms with Gasteiger partial charge in [-0.1, -0.05) is 28.9 Å². The van der Waals surface area contributed by atoms with Crippen molar-refractivity contribution in [3.63, 3.8) is 0 Å². The number of β-lactam (4-membered cyclic amide) rings is 1. The van der Waals surface area contributed by atoms with E-state index in [1.165, 1.54) is 22.9 Å². The van der Waals surface area contributed by atoms with E-state index in [0.29, 0.717) is 17.0 Å². The molecule has 1 unspecified atom stereocenters. The molecule has 28 heavy (non-hydrogen) atoms. The van der Waals surface area contributed by atoms with E-state index in [2.05, 4.69) is 10.5 Å². The number of aromatic nitrogens is 1. The van der Waals surface area contributed by atoms with Gasteiger partial charge in [-0.3, -0.25) is 14.5 Å². The fraction of sp³-hybridized carbons (Fsp3) is 0.263. The summed E-state index contributed by atoms with van der Waals surface area (Å²) in [4.78, 5) is 38.0. The molecule has 1 aromatic carbocycles.